The van der Waals surface area contributed by atoms with Crippen molar-refractivity contribution in [3.63, 3.8) is 0 Å². The Bertz CT molecular complexity index is 49.7. The van der Waals surface area contributed by atoms with Gasteiger partial charge in [-0.05, 0) is 5.92 Å². The van der Waals surface area contributed by atoms with Gasteiger partial charge in [0.05, 0.1) is 0 Å². The summed E-state index contributed by atoms with van der Waals surface area (Å²) in [6.07, 6.45) is 0. The highest BCUT2D eigenvalue weighted by atomic mass is 35.5. The summed E-state index contributed by atoms with van der Waals surface area (Å²) in [4.78, 5) is 0. The molecule has 1 unspecified atom stereocenters. The minimum absolute atomic E-state index is 0. The van der Waals surface area contributed by atoms with Crippen LogP contribution in [-0.2, 0) is 0 Å². The lowest BCUT2D eigenvalue weighted by molar-refractivity contribution is 0.536. The normalized spacial score (nSPS) is 13.1. The molecule has 0 aromatic rings. The van der Waals surface area contributed by atoms with Crippen molar-refractivity contribution in [3.8, 4) is 0 Å². The summed E-state index contributed by atoms with van der Waals surface area (Å²) in [5.74, 6) is 1.36. The van der Waals surface area contributed by atoms with Crippen molar-refractivity contribution in [2.24, 2.45) is 11.7 Å². The average molecular weight is 156 g/mol. The van der Waals surface area contributed by atoms with E-state index in [4.69, 9.17) is 5.73 Å². The van der Waals surface area contributed by atoms with Crippen LogP contribution in [0.4, 0.5) is 0 Å². The van der Waals surface area contributed by atoms with E-state index in [1.807, 2.05) is 0 Å². The fraction of sp³-hybridized carbons (Fsp3) is 1.00. The maximum atomic E-state index is 5.54. The Morgan fingerprint density at radius 1 is 1.50 bits per heavy atom. The van der Waals surface area contributed by atoms with Crippen molar-refractivity contribution in [2.45, 2.75) is 19.9 Å². The molecule has 0 saturated heterocycles. The summed E-state index contributed by atoms with van der Waals surface area (Å²) in [5, 5.41) is 0. The Morgan fingerprint density at radius 2 is 1.88 bits per heavy atom. The molecule has 1 nitrogen and oxygen atoms in total. The van der Waals surface area contributed by atoms with E-state index in [9.17, 15) is 0 Å². The SMILES string of the molecule is CC(C)C(N)CS.Cl. The summed E-state index contributed by atoms with van der Waals surface area (Å²) in [6, 6.07) is 0.267. The number of nitrogens with two attached hydrogens (primary N) is 1. The molecule has 0 aromatic carbocycles. The van der Waals surface area contributed by atoms with Gasteiger partial charge in [0.25, 0.3) is 0 Å². The Morgan fingerprint density at radius 3 is 1.88 bits per heavy atom. The van der Waals surface area contributed by atoms with Gasteiger partial charge in [-0.2, -0.15) is 12.6 Å². The molecule has 0 bridgehead atoms. The van der Waals surface area contributed by atoms with E-state index in [1.54, 1.807) is 0 Å². The Balaban J connectivity index is 0. The van der Waals surface area contributed by atoms with Crippen molar-refractivity contribution in [1.29, 1.82) is 0 Å². The molecule has 0 fully saturated rings. The van der Waals surface area contributed by atoms with Gasteiger partial charge in [-0.3, -0.25) is 0 Å². The number of hydrogen-bond acceptors (Lipinski definition) is 2. The van der Waals surface area contributed by atoms with E-state index >= 15 is 0 Å². The van der Waals surface area contributed by atoms with Crippen molar-refractivity contribution >= 4 is 25.0 Å². The molecular weight excluding hydrogens is 142 g/mol. The molecule has 0 saturated carbocycles. The standard InChI is InChI=1S/C5H13NS.ClH/c1-4(2)5(6)3-7;/h4-5,7H,3,6H2,1-2H3;1H. The average Bonchev–Trinajstić information content (AvgIpc) is 1.65. The van der Waals surface area contributed by atoms with E-state index in [1.165, 1.54) is 0 Å². The Labute approximate surface area is 62.8 Å². The molecule has 1 atom stereocenters. The van der Waals surface area contributed by atoms with Gasteiger partial charge in [-0.1, -0.05) is 13.8 Å². The molecule has 52 valence electrons. The molecule has 0 aromatic heterocycles. The van der Waals surface area contributed by atoms with Crippen LogP contribution in [-0.4, -0.2) is 11.8 Å². The van der Waals surface area contributed by atoms with Crippen molar-refractivity contribution in [1.82, 2.24) is 0 Å². The fourth-order valence-corrected chi connectivity index (χ4v) is 0.632. The second-order valence-electron chi connectivity index (χ2n) is 2.09. The van der Waals surface area contributed by atoms with Gasteiger partial charge in [0, 0.05) is 11.8 Å². The third-order valence-corrected chi connectivity index (χ3v) is 1.49. The molecule has 0 aliphatic rings. The first kappa shape index (κ1) is 11.4. The van der Waals surface area contributed by atoms with Gasteiger partial charge in [0.15, 0.2) is 0 Å². The predicted molar refractivity (Wildman–Crippen MR) is 43.9 cm³/mol. The molecule has 0 heterocycles. The van der Waals surface area contributed by atoms with Gasteiger partial charge >= 0.3 is 0 Å². The molecule has 8 heavy (non-hydrogen) atoms. The third-order valence-electron chi connectivity index (χ3n) is 1.07. The van der Waals surface area contributed by atoms with Crippen molar-refractivity contribution in [2.75, 3.05) is 5.75 Å². The largest absolute Gasteiger partial charge is 0.327 e. The first-order chi connectivity index (χ1) is 3.18. The molecular formula is C5H14ClNS. The predicted octanol–water partition coefficient (Wildman–Crippen LogP) is 1.32. The lowest BCUT2D eigenvalue weighted by atomic mass is 10.1. The Hall–Kier alpha value is 0.600. The lowest BCUT2D eigenvalue weighted by Crippen LogP contribution is -2.27. The van der Waals surface area contributed by atoms with E-state index in [2.05, 4.69) is 26.5 Å². The van der Waals surface area contributed by atoms with E-state index in [-0.39, 0.29) is 18.4 Å². The monoisotopic (exact) mass is 155 g/mol. The van der Waals surface area contributed by atoms with Crippen LogP contribution in [0.3, 0.4) is 0 Å². The number of halogens is 1. The minimum Gasteiger partial charge on any atom is -0.327 e. The van der Waals surface area contributed by atoms with Gasteiger partial charge < -0.3 is 5.73 Å². The van der Waals surface area contributed by atoms with Crippen LogP contribution >= 0.6 is 25.0 Å². The second-order valence-corrected chi connectivity index (χ2v) is 2.46. The maximum absolute atomic E-state index is 5.54. The van der Waals surface area contributed by atoms with Crippen LogP contribution in [0.5, 0.6) is 0 Å². The topological polar surface area (TPSA) is 26.0 Å². The van der Waals surface area contributed by atoms with Gasteiger partial charge in [0.1, 0.15) is 0 Å². The number of rotatable bonds is 2. The van der Waals surface area contributed by atoms with E-state index in [0.717, 1.165) is 5.75 Å². The number of hydrogen-bond donors (Lipinski definition) is 2. The van der Waals surface area contributed by atoms with Crippen LogP contribution in [0.2, 0.25) is 0 Å². The molecule has 0 aliphatic heterocycles. The van der Waals surface area contributed by atoms with Crippen LogP contribution in [0.25, 0.3) is 0 Å². The van der Waals surface area contributed by atoms with Gasteiger partial charge in [-0.25, -0.2) is 0 Å². The van der Waals surface area contributed by atoms with Crippen LogP contribution in [0.1, 0.15) is 13.8 Å². The zero-order chi connectivity index (χ0) is 5.86. The van der Waals surface area contributed by atoms with E-state index in [0.29, 0.717) is 5.92 Å². The van der Waals surface area contributed by atoms with E-state index < -0.39 is 0 Å². The van der Waals surface area contributed by atoms with Crippen molar-refractivity contribution < 1.29 is 0 Å². The summed E-state index contributed by atoms with van der Waals surface area (Å²) in [7, 11) is 0. The van der Waals surface area contributed by atoms with Crippen LogP contribution in [0, 0.1) is 5.92 Å². The number of thiol groups is 1. The quantitative estimate of drug-likeness (QED) is 0.579. The first-order valence-electron chi connectivity index (χ1n) is 2.55. The first-order valence-corrected chi connectivity index (χ1v) is 3.18. The van der Waals surface area contributed by atoms with Crippen LogP contribution in [0.15, 0.2) is 0 Å². The highest BCUT2D eigenvalue weighted by Gasteiger charge is 2.02. The second kappa shape index (κ2) is 5.73. The fourth-order valence-electron chi connectivity index (χ4n) is 0.211. The minimum atomic E-state index is 0. The molecule has 3 heteroatoms. The van der Waals surface area contributed by atoms with Gasteiger partial charge in [0.2, 0.25) is 0 Å². The molecule has 0 radical (unpaired) electrons. The molecule has 0 amide bonds. The molecule has 0 aliphatic carbocycles. The zero-order valence-electron chi connectivity index (χ0n) is 5.29. The molecule has 0 spiro atoms. The van der Waals surface area contributed by atoms with Gasteiger partial charge in [-0.15, -0.1) is 12.4 Å². The Kier molecular flexibility index (Phi) is 8.17. The summed E-state index contributed by atoms with van der Waals surface area (Å²) >= 11 is 4.03. The molecule has 2 N–H and O–H groups in total. The van der Waals surface area contributed by atoms with Crippen LogP contribution < -0.4 is 5.73 Å². The summed E-state index contributed by atoms with van der Waals surface area (Å²) < 4.78 is 0. The summed E-state index contributed by atoms with van der Waals surface area (Å²) in [6.45, 7) is 4.20. The van der Waals surface area contributed by atoms with Crippen molar-refractivity contribution in [3.05, 3.63) is 0 Å². The summed E-state index contributed by atoms with van der Waals surface area (Å²) in [5.41, 5.74) is 5.54. The highest BCUT2D eigenvalue weighted by Crippen LogP contribution is 1.98. The highest BCUT2D eigenvalue weighted by molar-refractivity contribution is 7.80. The smallest absolute Gasteiger partial charge is 0.0151 e. The third kappa shape index (κ3) is 4.75. The maximum Gasteiger partial charge on any atom is 0.0151 e. The lowest BCUT2D eigenvalue weighted by Gasteiger charge is -2.10. The zero-order valence-corrected chi connectivity index (χ0v) is 7.01. The molecule has 0 rings (SSSR count).